The molecule has 0 aromatic heterocycles. The van der Waals surface area contributed by atoms with Gasteiger partial charge in [0.2, 0.25) is 0 Å². The molecule has 2 fully saturated rings. The van der Waals surface area contributed by atoms with Gasteiger partial charge in [0.05, 0.1) is 5.66 Å². The third-order valence-electron chi connectivity index (χ3n) is 4.95. The lowest BCUT2D eigenvalue weighted by molar-refractivity contribution is -0.0443. The summed E-state index contributed by atoms with van der Waals surface area (Å²) in [5.41, 5.74) is 4.10. The van der Waals surface area contributed by atoms with Crippen LogP contribution in [0.2, 0.25) is 0 Å². The van der Waals surface area contributed by atoms with Gasteiger partial charge < -0.3 is 4.90 Å². The summed E-state index contributed by atoms with van der Waals surface area (Å²) in [5, 5.41) is 2.42. The van der Waals surface area contributed by atoms with E-state index in [2.05, 4.69) is 66.8 Å². The number of hydrazine groups is 1. The highest BCUT2D eigenvalue weighted by Gasteiger charge is 2.32. The Bertz CT molecular complexity index is 320. The zero-order valence-corrected chi connectivity index (χ0v) is 14.9. The van der Waals surface area contributed by atoms with E-state index in [1.165, 1.54) is 13.1 Å². The first kappa shape index (κ1) is 17.2. The minimum atomic E-state index is 0.0468. The van der Waals surface area contributed by atoms with Crippen LogP contribution in [0.1, 0.15) is 34.6 Å². The number of hydrogen-bond donors (Lipinski definition) is 1. The molecule has 2 saturated heterocycles. The van der Waals surface area contributed by atoms with E-state index in [0.29, 0.717) is 5.54 Å². The van der Waals surface area contributed by atoms with Gasteiger partial charge in [0.15, 0.2) is 0 Å². The van der Waals surface area contributed by atoms with Gasteiger partial charge in [0, 0.05) is 57.9 Å². The van der Waals surface area contributed by atoms with Crippen LogP contribution in [-0.4, -0.2) is 90.3 Å². The van der Waals surface area contributed by atoms with Crippen LogP contribution in [0.5, 0.6) is 0 Å². The molecule has 0 atom stereocenters. The molecule has 5 heteroatoms. The van der Waals surface area contributed by atoms with Gasteiger partial charge in [-0.15, -0.1) is 0 Å². The summed E-state index contributed by atoms with van der Waals surface area (Å²) in [5.74, 6) is 0. The van der Waals surface area contributed by atoms with Crippen LogP contribution < -0.4 is 5.43 Å². The lowest BCUT2D eigenvalue weighted by atomic mass is 10.1. The minimum Gasteiger partial charge on any atom is -0.304 e. The number of nitrogens with zero attached hydrogens (tertiary/aromatic N) is 4. The van der Waals surface area contributed by atoms with Gasteiger partial charge in [-0.3, -0.25) is 9.80 Å². The molecule has 5 nitrogen and oxygen atoms in total. The Hall–Kier alpha value is -0.200. The molecule has 0 unspecified atom stereocenters. The van der Waals surface area contributed by atoms with Crippen molar-refractivity contribution in [1.29, 1.82) is 0 Å². The largest absolute Gasteiger partial charge is 0.304 e. The molecule has 2 aliphatic heterocycles. The van der Waals surface area contributed by atoms with Crippen molar-refractivity contribution in [3.63, 3.8) is 0 Å². The monoisotopic (exact) mass is 297 g/mol. The number of rotatable bonds is 3. The molecule has 2 rings (SSSR count). The molecule has 0 radical (unpaired) electrons. The first-order chi connectivity index (χ1) is 9.68. The Labute approximate surface area is 131 Å². The van der Waals surface area contributed by atoms with E-state index >= 15 is 0 Å². The van der Waals surface area contributed by atoms with E-state index in [1.54, 1.807) is 0 Å². The molecule has 0 saturated carbocycles. The molecule has 0 aliphatic carbocycles. The topological polar surface area (TPSA) is 25.0 Å². The van der Waals surface area contributed by atoms with Crippen molar-refractivity contribution >= 4 is 0 Å². The number of likely N-dealkylation sites (N-methyl/N-ethyl adjacent to an activating group) is 1. The van der Waals surface area contributed by atoms with E-state index in [1.807, 2.05) is 0 Å². The highest BCUT2D eigenvalue weighted by molar-refractivity contribution is 4.85. The normalized spacial score (nSPS) is 25.4. The Kier molecular flexibility index (Phi) is 5.31. The molecule has 2 heterocycles. The lowest BCUT2D eigenvalue weighted by Crippen LogP contribution is -2.67. The SMILES string of the molecule is CN1CCN(C(C)(C)NN2CCN(C(C)(C)C)CC2)CC1. The molecule has 2 aliphatic rings. The van der Waals surface area contributed by atoms with Crippen LogP contribution in [0, 0.1) is 0 Å². The Balaban J connectivity index is 1.82. The Morgan fingerprint density at radius 3 is 1.62 bits per heavy atom. The Morgan fingerprint density at radius 2 is 1.14 bits per heavy atom. The second kappa shape index (κ2) is 6.50. The third kappa shape index (κ3) is 4.63. The van der Waals surface area contributed by atoms with Crippen LogP contribution >= 0.6 is 0 Å². The van der Waals surface area contributed by atoms with E-state index < -0.39 is 0 Å². The summed E-state index contributed by atoms with van der Waals surface area (Å²) in [4.78, 5) is 7.56. The summed E-state index contributed by atoms with van der Waals surface area (Å²) >= 11 is 0. The van der Waals surface area contributed by atoms with Gasteiger partial charge in [-0.05, 0) is 41.7 Å². The smallest absolute Gasteiger partial charge is 0.0788 e. The van der Waals surface area contributed by atoms with E-state index in [9.17, 15) is 0 Å². The van der Waals surface area contributed by atoms with Crippen LogP contribution in [0.4, 0.5) is 0 Å². The molecule has 1 N–H and O–H groups in total. The standard InChI is InChI=1S/C16H35N5/c1-15(2,3)19-11-13-21(14-12-19)17-16(4,5)20-9-7-18(6)8-10-20/h17H,7-14H2,1-6H3. The van der Waals surface area contributed by atoms with Crippen molar-refractivity contribution < 1.29 is 0 Å². The highest BCUT2D eigenvalue weighted by atomic mass is 15.6. The Morgan fingerprint density at radius 1 is 0.667 bits per heavy atom. The predicted octanol–water partition coefficient (Wildman–Crippen LogP) is 0.891. The zero-order chi connectivity index (χ0) is 15.7. The second-order valence-electron chi connectivity index (χ2n) is 8.11. The van der Waals surface area contributed by atoms with Crippen molar-refractivity contribution in [2.24, 2.45) is 0 Å². The van der Waals surface area contributed by atoms with Gasteiger partial charge in [0.1, 0.15) is 0 Å². The van der Waals surface area contributed by atoms with Gasteiger partial charge >= 0.3 is 0 Å². The molecule has 0 amide bonds. The number of nitrogens with one attached hydrogen (secondary N) is 1. The lowest BCUT2D eigenvalue weighted by Gasteiger charge is -2.48. The van der Waals surface area contributed by atoms with Crippen LogP contribution in [-0.2, 0) is 0 Å². The summed E-state index contributed by atoms with van der Waals surface area (Å²) in [7, 11) is 2.21. The van der Waals surface area contributed by atoms with Gasteiger partial charge in [-0.25, -0.2) is 10.4 Å². The molecule has 124 valence electrons. The fourth-order valence-corrected chi connectivity index (χ4v) is 3.31. The van der Waals surface area contributed by atoms with Crippen LogP contribution in [0.25, 0.3) is 0 Å². The molecule has 21 heavy (non-hydrogen) atoms. The van der Waals surface area contributed by atoms with E-state index in [-0.39, 0.29) is 5.66 Å². The molecular formula is C16H35N5. The second-order valence-corrected chi connectivity index (χ2v) is 8.11. The average molecular weight is 297 g/mol. The van der Waals surface area contributed by atoms with Crippen molar-refractivity contribution in [3.8, 4) is 0 Å². The number of piperazine rings is 2. The first-order valence-corrected chi connectivity index (χ1v) is 8.40. The number of hydrogen-bond acceptors (Lipinski definition) is 5. The maximum Gasteiger partial charge on any atom is 0.0788 e. The quantitative estimate of drug-likeness (QED) is 0.834. The molecular weight excluding hydrogens is 262 g/mol. The third-order valence-corrected chi connectivity index (χ3v) is 4.95. The average Bonchev–Trinajstić information content (AvgIpc) is 2.38. The van der Waals surface area contributed by atoms with Crippen LogP contribution in [0.15, 0.2) is 0 Å². The molecule has 0 aromatic carbocycles. The maximum atomic E-state index is 3.77. The zero-order valence-electron chi connectivity index (χ0n) is 14.9. The fraction of sp³-hybridized carbons (Fsp3) is 1.00. The molecule has 0 bridgehead atoms. The van der Waals surface area contributed by atoms with Crippen molar-refractivity contribution in [1.82, 2.24) is 25.1 Å². The van der Waals surface area contributed by atoms with Gasteiger partial charge in [0.25, 0.3) is 0 Å². The van der Waals surface area contributed by atoms with E-state index in [0.717, 1.165) is 39.3 Å². The predicted molar refractivity (Wildman–Crippen MR) is 89.2 cm³/mol. The summed E-state index contributed by atoms with van der Waals surface area (Å²) in [6.07, 6.45) is 0. The van der Waals surface area contributed by atoms with Gasteiger partial charge in [-0.2, -0.15) is 0 Å². The van der Waals surface area contributed by atoms with Crippen LogP contribution in [0.3, 0.4) is 0 Å². The van der Waals surface area contributed by atoms with Crippen molar-refractivity contribution in [2.45, 2.75) is 45.8 Å². The van der Waals surface area contributed by atoms with Crippen molar-refractivity contribution in [3.05, 3.63) is 0 Å². The molecule has 0 spiro atoms. The van der Waals surface area contributed by atoms with Gasteiger partial charge in [-0.1, -0.05) is 0 Å². The maximum absolute atomic E-state index is 3.77. The fourth-order valence-electron chi connectivity index (χ4n) is 3.31. The summed E-state index contributed by atoms with van der Waals surface area (Å²) in [6.45, 7) is 20.7. The first-order valence-electron chi connectivity index (χ1n) is 8.40. The van der Waals surface area contributed by atoms with E-state index in [4.69, 9.17) is 0 Å². The van der Waals surface area contributed by atoms with Crippen molar-refractivity contribution in [2.75, 3.05) is 59.4 Å². The highest BCUT2D eigenvalue weighted by Crippen LogP contribution is 2.18. The minimum absolute atomic E-state index is 0.0468. The molecule has 0 aromatic rings. The summed E-state index contributed by atoms with van der Waals surface area (Å²) < 4.78 is 0. The summed E-state index contributed by atoms with van der Waals surface area (Å²) in [6, 6.07) is 0.